The van der Waals surface area contributed by atoms with Crippen LogP contribution in [0.15, 0.2) is 47.1 Å². The van der Waals surface area contributed by atoms with E-state index in [2.05, 4.69) is 50.2 Å². The summed E-state index contributed by atoms with van der Waals surface area (Å²) in [5.41, 5.74) is 7.11. The van der Waals surface area contributed by atoms with E-state index in [1.54, 1.807) is 12.5 Å². The van der Waals surface area contributed by atoms with Gasteiger partial charge in [-0.05, 0) is 98.1 Å². The summed E-state index contributed by atoms with van der Waals surface area (Å²) in [6, 6.07) is 9.22. The largest absolute Gasteiger partial charge is 0.378 e. The maximum atomic E-state index is 12.6. The lowest BCUT2D eigenvalue weighted by atomic mass is 9.46. The molecule has 4 aliphatic rings. The molecular weight excluding hydrogens is 382 g/mol. The van der Waals surface area contributed by atoms with E-state index >= 15 is 0 Å². The summed E-state index contributed by atoms with van der Waals surface area (Å²) in [6.45, 7) is 4.21. The molecule has 0 aromatic heterocycles. The van der Waals surface area contributed by atoms with Crippen molar-refractivity contribution in [2.75, 3.05) is 19.0 Å². The molecule has 31 heavy (non-hydrogen) atoms. The lowest BCUT2D eigenvalue weighted by molar-refractivity contribution is -0.125. The molecule has 1 unspecified atom stereocenters. The van der Waals surface area contributed by atoms with Crippen LogP contribution in [0.2, 0.25) is 0 Å². The van der Waals surface area contributed by atoms with Gasteiger partial charge in [0.05, 0.1) is 0 Å². The molecule has 2 fully saturated rings. The third-order valence-corrected chi connectivity index (χ3v) is 9.27. The van der Waals surface area contributed by atoms with Crippen molar-refractivity contribution < 1.29 is 9.59 Å². The fraction of sp³-hybridized carbons (Fsp3) is 0.571. The predicted octanol–water partition coefficient (Wildman–Crippen LogP) is 5.79. The number of rotatable bonds is 3. The van der Waals surface area contributed by atoms with Crippen molar-refractivity contribution in [3.8, 4) is 0 Å². The number of fused-ring (bicyclic) bond motifs is 4. The molecule has 1 aromatic rings. The van der Waals surface area contributed by atoms with Gasteiger partial charge in [-0.1, -0.05) is 24.6 Å². The van der Waals surface area contributed by atoms with Gasteiger partial charge in [0.2, 0.25) is 0 Å². The number of anilines is 1. The number of carbonyl (C=O) groups excluding carboxylic acids is 2. The van der Waals surface area contributed by atoms with E-state index in [0.717, 1.165) is 44.9 Å². The van der Waals surface area contributed by atoms with Crippen molar-refractivity contribution in [3.05, 3.63) is 52.6 Å². The van der Waals surface area contributed by atoms with Crippen LogP contribution in [-0.2, 0) is 15.0 Å². The molecule has 0 amide bonds. The van der Waals surface area contributed by atoms with E-state index in [9.17, 15) is 9.59 Å². The van der Waals surface area contributed by atoms with Crippen LogP contribution in [0.5, 0.6) is 0 Å². The van der Waals surface area contributed by atoms with Gasteiger partial charge in [0.1, 0.15) is 5.78 Å². The molecule has 0 saturated heterocycles. The second kappa shape index (κ2) is 7.18. The van der Waals surface area contributed by atoms with Crippen LogP contribution in [0.4, 0.5) is 5.69 Å². The molecule has 0 spiro atoms. The number of hydrogen-bond donors (Lipinski definition) is 0. The molecule has 0 bridgehead atoms. The minimum absolute atomic E-state index is 0.00903. The second-order valence-electron chi connectivity index (χ2n) is 10.8. The fourth-order valence-electron chi connectivity index (χ4n) is 7.87. The quantitative estimate of drug-likeness (QED) is 0.625. The smallest absolute Gasteiger partial charge is 0.156 e. The molecule has 3 heteroatoms. The Kier molecular flexibility index (Phi) is 4.80. The van der Waals surface area contributed by atoms with Crippen molar-refractivity contribution in [2.45, 2.75) is 70.6 Å². The average Bonchev–Trinajstić information content (AvgIpc) is 3.11. The van der Waals surface area contributed by atoms with Gasteiger partial charge in [-0.2, -0.15) is 0 Å². The Hall–Kier alpha value is -2.16. The van der Waals surface area contributed by atoms with Crippen molar-refractivity contribution >= 4 is 17.3 Å². The first-order valence-electron chi connectivity index (χ1n) is 12.0. The van der Waals surface area contributed by atoms with Crippen molar-refractivity contribution in [1.82, 2.24) is 0 Å². The first kappa shape index (κ1) is 20.7. The topological polar surface area (TPSA) is 37.4 Å². The van der Waals surface area contributed by atoms with Crippen molar-refractivity contribution in [1.29, 1.82) is 0 Å². The molecule has 0 heterocycles. The van der Waals surface area contributed by atoms with Crippen LogP contribution < -0.4 is 4.90 Å². The number of hydrogen-bond acceptors (Lipinski definition) is 3. The van der Waals surface area contributed by atoms with E-state index in [1.807, 2.05) is 6.08 Å². The molecular formula is C28H35NO2. The second-order valence-corrected chi connectivity index (χ2v) is 10.8. The van der Waals surface area contributed by atoms with Crippen LogP contribution in [-0.4, -0.2) is 25.7 Å². The first-order valence-corrected chi connectivity index (χ1v) is 12.0. The number of Topliss-reactive ketones (excluding diaryl/α,β-unsaturated/α-hetero) is 1. The van der Waals surface area contributed by atoms with Crippen LogP contribution in [0.1, 0.15) is 70.8 Å². The lowest BCUT2D eigenvalue weighted by Gasteiger charge is -2.57. The van der Waals surface area contributed by atoms with Crippen molar-refractivity contribution in [2.24, 2.45) is 17.3 Å². The number of ketones is 2. The zero-order valence-electron chi connectivity index (χ0n) is 19.5. The SMILES string of the molecule is CC(=O)[C@H]1CC[C@H]2C3(c4ccc(N(C)C)cc4)CCC4=CC(=O)CCC4=C3CC[C@]12C. The van der Waals surface area contributed by atoms with E-state index in [4.69, 9.17) is 0 Å². The molecule has 5 rings (SSSR count). The Bertz CT molecular complexity index is 998. The van der Waals surface area contributed by atoms with E-state index < -0.39 is 0 Å². The van der Waals surface area contributed by atoms with E-state index in [-0.39, 0.29) is 16.7 Å². The highest BCUT2D eigenvalue weighted by Crippen LogP contribution is 2.68. The summed E-state index contributed by atoms with van der Waals surface area (Å²) in [4.78, 5) is 26.9. The molecule has 0 aliphatic heterocycles. The molecule has 3 nitrogen and oxygen atoms in total. The number of nitrogens with zero attached hydrogens (tertiary/aromatic N) is 1. The highest BCUT2D eigenvalue weighted by atomic mass is 16.1. The van der Waals surface area contributed by atoms with Gasteiger partial charge in [-0.3, -0.25) is 9.59 Å². The molecule has 1 aromatic carbocycles. The minimum Gasteiger partial charge on any atom is -0.378 e. The Morgan fingerprint density at radius 3 is 2.42 bits per heavy atom. The van der Waals surface area contributed by atoms with Gasteiger partial charge >= 0.3 is 0 Å². The van der Waals surface area contributed by atoms with Crippen LogP contribution >= 0.6 is 0 Å². The number of allylic oxidation sites excluding steroid dienone is 4. The molecule has 164 valence electrons. The van der Waals surface area contributed by atoms with Gasteiger partial charge < -0.3 is 4.90 Å². The Morgan fingerprint density at radius 1 is 1.00 bits per heavy atom. The summed E-state index contributed by atoms with van der Waals surface area (Å²) in [5, 5.41) is 0. The first-order chi connectivity index (χ1) is 14.8. The summed E-state index contributed by atoms with van der Waals surface area (Å²) in [6.07, 6.45) is 9.85. The van der Waals surface area contributed by atoms with Gasteiger partial charge in [0, 0.05) is 37.5 Å². The molecule has 0 radical (unpaired) electrons. The molecule has 0 N–H and O–H groups in total. The standard InChI is InChI=1S/C28H35NO2/c1-18(30)24-11-12-26-27(24,2)15-14-25-23-10-9-22(31)17-19(23)13-16-28(25,26)20-5-7-21(8-6-20)29(3)4/h5-8,17,24,26H,9-16H2,1-4H3/t24-,26-,27-,28?/m1/s1. The van der Waals surface area contributed by atoms with Crippen LogP contribution in [0.3, 0.4) is 0 Å². The third kappa shape index (κ3) is 2.92. The Morgan fingerprint density at radius 2 is 1.74 bits per heavy atom. The highest BCUT2D eigenvalue weighted by molar-refractivity contribution is 5.93. The number of benzene rings is 1. The predicted molar refractivity (Wildman–Crippen MR) is 125 cm³/mol. The lowest BCUT2D eigenvalue weighted by Crippen LogP contribution is -2.51. The van der Waals surface area contributed by atoms with E-state index in [0.29, 0.717) is 23.9 Å². The summed E-state index contributed by atoms with van der Waals surface area (Å²) in [5.74, 6) is 1.35. The number of carbonyl (C=O) groups is 2. The maximum Gasteiger partial charge on any atom is 0.156 e. The van der Waals surface area contributed by atoms with Gasteiger partial charge in [-0.15, -0.1) is 0 Å². The third-order valence-electron chi connectivity index (χ3n) is 9.27. The van der Waals surface area contributed by atoms with Crippen LogP contribution in [0.25, 0.3) is 0 Å². The average molecular weight is 418 g/mol. The zero-order valence-corrected chi connectivity index (χ0v) is 19.5. The monoisotopic (exact) mass is 417 g/mol. The Balaban J connectivity index is 1.71. The molecule has 4 atom stereocenters. The highest BCUT2D eigenvalue weighted by Gasteiger charge is 2.61. The summed E-state index contributed by atoms with van der Waals surface area (Å²) < 4.78 is 0. The summed E-state index contributed by atoms with van der Waals surface area (Å²) >= 11 is 0. The van der Waals surface area contributed by atoms with Gasteiger partial charge in [0.15, 0.2) is 5.78 Å². The Labute approximate surface area is 186 Å². The van der Waals surface area contributed by atoms with E-state index in [1.165, 1.54) is 22.4 Å². The molecule has 4 aliphatic carbocycles. The summed E-state index contributed by atoms with van der Waals surface area (Å²) in [7, 11) is 4.17. The van der Waals surface area contributed by atoms with Crippen LogP contribution in [0, 0.1) is 17.3 Å². The van der Waals surface area contributed by atoms with Gasteiger partial charge in [-0.25, -0.2) is 0 Å². The maximum absolute atomic E-state index is 12.6. The van der Waals surface area contributed by atoms with Crippen molar-refractivity contribution in [3.63, 3.8) is 0 Å². The van der Waals surface area contributed by atoms with Gasteiger partial charge in [0.25, 0.3) is 0 Å². The normalized spacial score (nSPS) is 34.6. The zero-order chi connectivity index (χ0) is 22.0. The molecule has 2 saturated carbocycles. The minimum atomic E-state index is 0.00903. The fourth-order valence-corrected chi connectivity index (χ4v) is 7.87.